The number of esters is 2. The molecule has 1 spiro atoms. The molecule has 1 amide bonds. The number of rotatable bonds is 12. The highest BCUT2D eigenvalue weighted by Crippen LogP contribution is 2.73. The Labute approximate surface area is 380 Å². The Kier molecular flexibility index (Phi) is 11.1. The molecule has 1 aromatic heterocycles. The summed E-state index contributed by atoms with van der Waals surface area (Å²) in [5.41, 5.74) is 1.03. The summed E-state index contributed by atoms with van der Waals surface area (Å²) in [5, 5.41) is 8.43. The number of carbonyl (C=O) groups is 4. The van der Waals surface area contributed by atoms with Crippen LogP contribution >= 0.6 is 0 Å². The number of benzene rings is 1. The normalized spacial score (nSPS) is 28.8. The molecule has 3 aliphatic carbocycles. The Morgan fingerprint density at radius 1 is 0.969 bits per heavy atom. The number of nitrogens with zero attached hydrogens (tertiary/aromatic N) is 5. The van der Waals surface area contributed by atoms with Crippen molar-refractivity contribution in [3.05, 3.63) is 69.6 Å². The summed E-state index contributed by atoms with van der Waals surface area (Å²) in [6.07, 6.45) is 13.8. The monoisotopic (exact) mass is 890 g/mol. The Hall–Kier alpha value is -5.54. The van der Waals surface area contributed by atoms with E-state index in [0.717, 1.165) is 30.7 Å². The summed E-state index contributed by atoms with van der Waals surface area (Å²) in [4.78, 5) is 64.8. The van der Waals surface area contributed by atoms with Crippen LogP contribution in [0, 0.1) is 11.8 Å². The van der Waals surface area contributed by atoms with E-state index in [1.54, 1.807) is 28.9 Å². The fourth-order valence-electron chi connectivity index (χ4n) is 11.4. The van der Waals surface area contributed by atoms with E-state index in [0.29, 0.717) is 77.8 Å². The zero-order valence-electron chi connectivity index (χ0n) is 39.4. The Morgan fingerprint density at radius 3 is 2.42 bits per heavy atom. The van der Waals surface area contributed by atoms with E-state index in [1.807, 2.05) is 53.8 Å². The van der Waals surface area contributed by atoms with E-state index in [1.165, 1.54) is 12.7 Å². The zero-order chi connectivity index (χ0) is 46.4. The number of Topliss-reactive ketones (excluding diaryl/α,β-unsaturated/α-hetero) is 1. The molecule has 65 heavy (non-hydrogen) atoms. The molecule has 15 heteroatoms. The number of fused-ring (bicyclic) bond motifs is 5. The molecule has 6 bridgehead atoms. The Balaban J connectivity index is 1.28. The molecule has 10 rings (SSSR count). The van der Waals surface area contributed by atoms with Crippen molar-refractivity contribution >= 4 is 41.4 Å². The summed E-state index contributed by atoms with van der Waals surface area (Å²) < 4.78 is 35.6. The van der Waals surface area contributed by atoms with Gasteiger partial charge in [-0.15, -0.1) is 5.10 Å². The summed E-state index contributed by atoms with van der Waals surface area (Å²) in [7, 11) is 3.36. The van der Waals surface area contributed by atoms with Gasteiger partial charge in [-0.05, 0) is 100 Å². The molecular formula is C50H62N6O9. The maximum atomic E-state index is 15.5. The number of nitrogens with one attached hydrogen (secondary N) is 1. The molecule has 6 unspecified atom stereocenters. The third kappa shape index (κ3) is 7.15. The highest BCUT2D eigenvalue weighted by atomic mass is 16.6. The fourth-order valence-corrected chi connectivity index (χ4v) is 11.4. The average Bonchev–Trinajstić information content (AvgIpc) is 3.71. The summed E-state index contributed by atoms with van der Waals surface area (Å²) in [5.74, 6) is -0.873. The van der Waals surface area contributed by atoms with E-state index in [2.05, 4.69) is 41.2 Å². The number of likely N-dealkylation sites (N-methyl/N-ethyl adjacent to an activating group) is 1. The van der Waals surface area contributed by atoms with E-state index in [9.17, 15) is 14.4 Å². The van der Waals surface area contributed by atoms with Gasteiger partial charge in [0.25, 0.3) is 0 Å². The molecule has 15 nitrogen and oxygen atoms in total. The van der Waals surface area contributed by atoms with Gasteiger partial charge in [0.2, 0.25) is 11.9 Å². The second kappa shape index (κ2) is 16.1. The molecule has 5 fully saturated rings. The molecule has 2 saturated heterocycles. The first-order valence-corrected chi connectivity index (χ1v) is 23.0. The number of piperazine rings is 1. The summed E-state index contributed by atoms with van der Waals surface area (Å²) in [6, 6.07) is -0.623. The van der Waals surface area contributed by atoms with Crippen LogP contribution in [0.3, 0.4) is 0 Å². The van der Waals surface area contributed by atoms with Crippen molar-refractivity contribution in [1.29, 1.82) is 0 Å². The first kappa shape index (κ1) is 44.7. The van der Waals surface area contributed by atoms with Crippen molar-refractivity contribution in [2.75, 3.05) is 45.7 Å². The van der Waals surface area contributed by atoms with Crippen LogP contribution in [0.25, 0.3) is 11.8 Å². The zero-order valence-corrected chi connectivity index (χ0v) is 39.4. The SMILES string of the molecule is COC(=O)/C(C)=C\CC12OC(C)(C)C3CC(C1=O)C1C4=C(Nc5ncn1n5)c1c(OC(=O)CCC(=O)N5CCN(C)CC5)c5c(c(CC=C(C)C)c1OC432)OC(C)(CCC=C(C)C)C=C5. The second-order valence-electron chi connectivity index (χ2n) is 20.1. The minimum atomic E-state index is -1.59. The molecular weight excluding hydrogens is 829 g/mol. The predicted molar refractivity (Wildman–Crippen MR) is 243 cm³/mol. The Morgan fingerprint density at radius 2 is 1.71 bits per heavy atom. The van der Waals surface area contributed by atoms with Gasteiger partial charge >= 0.3 is 11.9 Å². The van der Waals surface area contributed by atoms with Crippen LogP contribution in [0.15, 0.2) is 52.9 Å². The van der Waals surface area contributed by atoms with E-state index in [4.69, 9.17) is 28.8 Å². The third-order valence-electron chi connectivity index (χ3n) is 14.6. The lowest BCUT2D eigenvalue weighted by atomic mass is 9.47. The number of aromatic nitrogens is 3. The molecule has 0 radical (unpaired) electrons. The van der Waals surface area contributed by atoms with Crippen molar-refractivity contribution in [2.24, 2.45) is 11.8 Å². The number of allylic oxidation sites excluding steroid dienone is 4. The van der Waals surface area contributed by atoms with E-state index < -0.39 is 46.3 Å². The van der Waals surface area contributed by atoms with Crippen LogP contribution < -0.4 is 19.5 Å². The molecule has 2 aromatic rings. The maximum absolute atomic E-state index is 15.5. The third-order valence-corrected chi connectivity index (χ3v) is 14.6. The molecule has 346 valence electrons. The van der Waals surface area contributed by atoms with Crippen molar-refractivity contribution in [1.82, 2.24) is 24.6 Å². The lowest BCUT2D eigenvalue weighted by molar-refractivity contribution is -0.181. The highest BCUT2D eigenvalue weighted by Gasteiger charge is 2.84. The van der Waals surface area contributed by atoms with Gasteiger partial charge < -0.3 is 38.8 Å². The topological polar surface area (TPSA) is 164 Å². The van der Waals surface area contributed by atoms with Crippen molar-refractivity contribution in [2.45, 2.75) is 129 Å². The van der Waals surface area contributed by atoms with E-state index in [-0.39, 0.29) is 42.6 Å². The molecule has 8 aliphatic rings. The van der Waals surface area contributed by atoms with Crippen LogP contribution in [0.1, 0.15) is 117 Å². The summed E-state index contributed by atoms with van der Waals surface area (Å²) in [6.45, 7) is 18.7. The summed E-state index contributed by atoms with van der Waals surface area (Å²) >= 11 is 0. The molecule has 6 atom stereocenters. The number of ether oxygens (including phenoxy) is 5. The Bertz CT molecular complexity index is 2530. The van der Waals surface area contributed by atoms with Crippen LogP contribution in [-0.2, 0) is 35.1 Å². The van der Waals surface area contributed by atoms with Gasteiger partial charge in [-0.25, -0.2) is 14.5 Å². The van der Waals surface area contributed by atoms with Gasteiger partial charge in [-0.1, -0.05) is 29.4 Å². The molecule has 1 N–H and O–H groups in total. The number of hydrogen-bond acceptors (Lipinski definition) is 13. The molecule has 6 heterocycles. The second-order valence-corrected chi connectivity index (χ2v) is 20.1. The van der Waals surface area contributed by atoms with Crippen molar-refractivity contribution < 1.29 is 42.9 Å². The average molecular weight is 891 g/mol. The van der Waals surface area contributed by atoms with Gasteiger partial charge in [0.1, 0.15) is 23.4 Å². The van der Waals surface area contributed by atoms with Crippen molar-refractivity contribution in [3.63, 3.8) is 0 Å². The first-order chi connectivity index (χ1) is 30.8. The highest BCUT2D eigenvalue weighted by molar-refractivity contribution is 6.02. The van der Waals surface area contributed by atoms with Crippen molar-refractivity contribution in [3.8, 4) is 17.2 Å². The van der Waals surface area contributed by atoms with Crippen LogP contribution in [0.4, 0.5) is 5.95 Å². The maximum Gasteiger partial charge on any atom is 0.333 e. The van der Waals surface area contributed by atoms with Gasteiger partial charge in [-0.3, -0.25) is 14.4 Å². The van der Waals surface area contributed by atoms with Crippen LogP contribution in [0.5, 0.6) is 17.2 Å². The van der Waals surface area contributed by atoms with Gasteiger partial charge in [0.15, 0.2) is 22.7 Å². The number of ketones is 1. The standard InChI is InChI=1S/C50H62N6O9/c1-28(2)12-11-19-48(8)20-18-32-41(63-48)31(14-13-29(3)4)43-37(42(32)62-36(58)16-15-35(57)55-24-22-54(9)23-25-55)39-38-40(56-27-51-46(52-39)53-56)33-26-34-47(6,7)65-49(44(33)59,50(34,38)64-43)21-17-30(5)45(60)61-10/h12-13,17-18,20,27,33-34,40H,11,14-16,19,21-26H2,1-10H3,(H,52,53)/b30-17-. The quantitative estimate of drug-likeness (QED) is 0.101. The first-order valence-electron chi connectivity index (χ1n) is 23.0. The number of carbonyl (C=O) groups excluding carboxylic acids is 4. The molecule has 3 saturated carbocycles. The lowest BCUT2D eigenvalue weighted by Crippen LogP contribution is -2.74. The largest absolute Gasteiger partial charge is 0.482 e. The van der Waals surface area contributed by atoms with Crippen LogP contribution in [-0.4, -0.2) is 111 Å². The number of amides is 1. The van der Waals surface area contributed by atoms with Gasteiger partial charge in [0.05, 0.1) is 42.0 Å². The minimum Gasteiger partial charge on any atom is -0.482 e. The molecule has 5 aliphatic heterocycles. The lowest BCUT2D eigenvalue weighted by Gasteiger charge is -2.60. The number of methoxy groups -OCH3 is 1. The van der Waals surface area contributed by atoms with Gasteiger partial charge in [0, 0.05) is 67.6 Å². The smallest absolute Gasteiger partial charge is 0.333 e. The van der Waals surface area contributed by atoms with Crippen LogP contribution in [0.2, 0.25) is 0 Å². The molecule has 1 aromatic carbocycles. The number of hydrogen-bond donors (Lipinski definition) is 1. The van der Waals surface area contributed by atoms with E-state index >= 15 is 4.79 Å². The predicted octanol–water partition coefficient (Wildman–Crippen LogP) is 6.94. The fraction of sp³-hybridized carbons (Fsp3) is 0.560. The van der Waals surface area contributed by atoms with Gasteiger partial charge in [-0.2, -0.15) is 0 Å². The number of anilines is 1. The minimum absolute atomic E-state index is 0.00631.